The molecule has 3 aromatic carbocycles. The third kappa shape index (κ3) is 5.60. The van der Waals surface area contributed by atoms with Gasteiger partial charge in [0.1, 0.15) is 18.1 Å². The highest BCUT2D eigenvalue weighted by atomic mass is 16.5. The number of benzene rings is 3. The number of hydrogen-bond acceptors (Lipinski definition) is 4. The standard InChI is InChI=1S/C22H20N2O4/c23-22(26)17-6-8-18(9-7-17)24-21(25)15-28-20-12-10-19(11-13-20)27-14-16-4-2-1-3-5-16/h1-13H,14-15H2,(H2,23,26)(H,24,25). The maximum Gasteiger partial charge on any atom is 0.262 e. The second-order valence-corrected chi connectivity index (χ2v) is 6.02. The van der Waals surface area contributed by atoms with Gasteiger partial charge in [-0.25, -0.2) is 0 Å². The molecule has 0 unspecified atom stereocenters. The molecule has 0 aromatic heterocycles. The molecular formula is C22H20N2O4. The van der Waals surface area contributed by atoms with E-state index in [0.29, 0.717) is 23.6 Å². The molecule has 0 bridgehead atoms. The van der Waals surface area contributed by atoms with E-state index < -0.39 is 5.91 Å². The van der Waals surface area contributed by atoms with E-state index in [-0.39, 0.29) is 12.5 Å². The van der Waals surface area contributed by atoms with Crippen LogP contribution in [-0.2, 0) is 11.4 Å². The van der Waals surface area contributed by atoms with Crippen molar-refractivity contribution >= 4 is 17.5 Å². The van der Waals surface area contributed by atoms with Crippen molar-refractivity contribution < 1.29 is 19.1 Å². The summed E-state index contributed by atoms with van der Waals surface area (Å²) in [6, 6.07) is 23.3. The number of nitrogens with one attached hydrogen (secondary N) is 1. The topological polar surface area (TPSA) is 90.7 Å². The quantitative estimate of drug-likeness (QED) is 0.631. The largest absolute Gasteiger partial charge is 0.489 e. The Hall–Kier alpha value is -3.80. The molecular weight excluding hydrogens is 356 g/mol. The summed E-state index contributed by atoms with van der Waals surface area (Å²) in [5.74, 6) is 0.454. The number of amides is 2. The van der Waals surface area contributed by atoms with Crippen molar-refractivity contribution in [2.75, 3.05) is 11.9 Å². The van der Waals surface area contributed by atoms with Gasteiger partial charge in [0.15, 0.2) is 6.61 Å². The van der Waals surface area contributed by atoms with Crippen molar-refractivity contribution in [2.45, 2.75) is 6.61 Å². The van der Waals surface area contributed by atoms with Crippen LogP contribution in [-0.4, -0.2) is 18.4 Å². The number of nitrogens with two attached hydrogens (primary N) is 1. The zero-order chi connectivity index (χ0) is 19.8. The third-order valence-corrected chi connectivity index (χ3v) is 3.90. The Labute approximate surface area is 162 Å². The Bertz CT molecular complexity index is 923. The molecule has 3 N–H and O–H groups in total. The van der Waals surface area contributed by atoms with Gasteiger partial charge in [-0.3, -0.25) is 9.59 Å². The molecule has 142 valence electrons. The first-order chi connectivity index (χ1) is 13.6. The zero-order valence-corrected chi connectivity index (χ0v) is 15.1. The third-order valence-electron chi connectivity index (χ3n) is 3.90. The molecule has 3 aromatic rings. The van der Waals surface area contributed by atoms with E-state index in [0.717, 1.165) is 11.3 Å². The first kappa shape index (κ1) is 19.0. The highest BCUT2D eigenvalue weighted by Gasteiger charge is 2.06. The zero-order valence-electron chi connectivity index (χ0n) is 15.1. The van der Waals surface area contributed by atoms with Crippen LogP contribution in [0.2, 0.25) is 0 Å². The smallest absolute Gasteiger partial charge is 0.262 e. The van der Waals surface area contributed by atoms with Crippen LogP contribution >= 0.6 is 0 Å². The summed E-state index contributed by atoms with van der Waals surface area (Å²) in [6.07, 6.45) is 0. The van der Waals surface area contributed by atoms with Crippen molar-refractivity contribution in [3.05, 3.63) is 90.0 Å². The van der Waals surface area contributed by atoms with Gasteiger partial charge in [-0.2, -0.15) is 0 Å². The van der Waals surface area contributed by atoms with E-state index in [4.69, 9.17) is 15.2 Å². The number of carbonyl (C=O) groups is 2. The van der Waals surface area contributed by atoms with Gasteiger partial charge in [-0.05, 0) is 54.1 Å². The number of hydrogen-bond donors (Lipinski definition) is 2. The second-order valence-electron chi connectivity index (χ2n) is 6.02. The molecule has 6 nitrogen and oxygen atoms in total. The van der Waals surface area contributed by atoms with Gasteiger partial charge in [-0.1, -0.05) is 30.3 Å². The molecule has 0 saturated carbocycles. The molecule has 0 spiro atoms. The fourth-order valence-corrected chi connectivity index (χ4v) is 2.44. The predicted octanol–water partition coefficient (Wildman–Crippen LogP) is 3.38. The van der Waals surface area contributed by atoms with Crippen molar-refractivity contribution in [3.8, 4) is 11.5 Å². The molecule has 2 amide bonds. The number of ether oxygens (including phenoxy) is 2. The van der Waals surface area contributed by atoms with E-state index >= 15 is 0 Å². The minimum absolute atomic E-state index is 0.137. The van der Waals surface area contributed by atoms with Crippen LogP contribution in [0, 0.1) is 0 Å². The van der Waals surface area contributed by atoms with Gasteiger partial charge in [0.05, 0.1) is 0 Å². The molecule has 0 aliphatic heterocycles. The molecule has 28 heavy (non-hydrogen) atoms. The van der Waals surface area contributed by atoms with Crippen molar-refractivity contribution in [1.82, 2.24) is 0 Å². The van der Waals surface area contributed by atoms with E-state index in [1.807, 2.05) is 30.3 Å². The van der Waals surface area contributed by atoms with Crippen LogP contribution in [0.1, 0.15) is 15.9 Å². The molecule has 0 heterocycles. The Morgan fingerprint density at radius 2 is 1.39 bits per heavy atom. The fourth-order valence-electron chi connectivity index (χ4n) is 2.44. The molecule has 3 rings (SSSR count). The Kier molecular flexibility index (Phi) is 6.25. The minimum atomic E-state index is -0.516. The molecule has 0 aliphatic carbocycles. The number of rotatable bonds is 8. The lowest BCUT2D eigenvalue weighted by molar-refractivity contribution is -0.118. The van der Waals surface area contributed by atoms with Crippen LogP contribution in [0.15, 0.2) is 78.9 Å². The van der Waals surface area contributed by atoms with E-state index in [2.05, 4.69) is 5.32 Å². The summed E-state index contributed by atoms with van der Waals surface area (Å²) in [5.41, 5.74) is 7.20. The van der Waals surface area contributed by atoms with Gasteiger partial charge in [0.25, 0.3) is 5.91 Å². The molecule has 0 atom stereocenters. The van der Waals surface area contributed by atoms with Gasteiger partial charge in [0.2, 0.25) is 5.91 Å². The van der Waals surface area contributed by atoms with Crippen molar-refractivity contribution in [1.29, 1.82) is 0 Å². The Morgan fingerprint density at radius 3 is 2.00 bits per heavy atom. The number of primary amides is 1. The molecule has 0 radical (unpaired) electrons. The summed E-state index contributed by atoms with van der Waals surface area (Å²) in [4.78, 5) is 23.0. The lowest BCUT2D eigenvalue weighted by atomic mass is 10.2. The number of anilines is 1. The van der Waals surface area contributed by atoms with Crippen LogP contribution in [0.3, 0.4) is 0 Å². The predicted molar refractivity (Wildman–Crippen MR) is 106 cm³/mol. The normalized spacial score (nSPS) is 10.1. The highest BCUT2D eigenvalue weighted by molar-refractivity contribution is 5.95. The molecule has 6 heteroatoms. The van der Waals surface area contributed by atoms with Gasteiger partial charge in [-0.15, -0.1) is 0 Å². The Morgan fingerprint density at radius 1 is 0.786 bits per heavy atom. The van der Waals surface area contributed by atoms with E-state index in [1.165, 1.54) is 0 Å². The Balaban J connectivity index is 1.45. The van der Waals surface area contributed by atoms with Crippen LogP contribution in [0.4, 0.5) is 5.69 Å². The molecule has 0 fully saturated rings. The maximum absolute atomic E-state index is 12.0. The van der Waals surface area contributed by atoms with Gasteiger partial charge < -0.3 is 20.5 Å². The lowest BCUT2D eigenvalue weighted by Crippen LogP contribution is -2.20. The summed E-state index contributed by atoms with van der Waals surface area (Å²) in [5, 5.41) is 2.69. The lowest BCUT2D eigenvalue weighted by Gasteiger charge is -2.09. The molecule has 0 saturated heterocycles. The second kappa shape index (κ2) is 9.23. The highest BCUT2D eigenvalue weighted by Crippen LogP contribution is 2.19. The summed E-state index contributed by atoms with van der Waals surface area (Å²) in [7, 11) is 0. The van der Waals surface area contributed by atoms with Crippen LogP contribution in [0.25, 0.3) is 0 Å². The summed E-state index contributed by atoms with van der Waals surface area (Å²) < 4.78 is 11.2. The van der Waals surface area contributed by atoms with Crippen LogP contribution < -0.4 is 20.5 Å². The van der Waals surface area contributed by atoms with Crippen molar-refractivity contribution in [3.63, 3.8) is 0 Å². The first-order valence-corrected chi connectivity index (χ1v) is 8.69. The SMILES string of the molecule is NC(=O)c1ccc(NC(=O)COc2ccc(OCc3ccccc3)cc2)cc1. The average Bonchev–Trinajstić information content (AvgIpc) is 2.72. The first-order valence-electron chi connectivity index (χ1n) is 8.69. The van der Waals surface area contributed by atoms with Crippen molar-refractivity contribution in [2.24, 2.45) is 5.73 Å². The van der Waals surface area contributed by atoms with Crippen LogP contribution in [0.5, 0.6) is 11.5 Å². The summed E-state index contributed by atoms with van der Waals surface area (Å²) >= 11 is 0. The summed E-state index contributed by atoms with van der Waals surface area (Å²) in [6.45, 7) is 0.347. The van der Waals surface area contributed by atoms with E-state index in [9.17, 15) is 9.59 Å². The number of carbonyl (C=O) groups excluding carboxylic acids is 2. The maximum atomic E-state index is 12.0. The monoisotopic (exact) mass is 376 g/mol. The van der Waals surface area contributed by atoms with E-state index in [1.54, 1.807) is 48.5 Å². The molecule has 0 aliphatic rings. The van der Waals surface area contributed by atoms with Gasteiger partial charge >= 0.3 is 0 Å². The fraction of sp³-hybridized carbons (Fsp3) is 0.0909. The average molecular weight is 376 g/mol. The van der Waals surface area contributed by atoms with Gasteiger partial charge in [0, 0.05) is 11.3 Å². The minimum Gasteiger partial charge on any atom is -0.489 e.